The van der Waals surface area contributed by atoms with Crippen molar-refractivity contribution in [1.29, 1.82) is 0 Å². The normalized spacial score (nSPS) is 10.4. The molecule has 1 N–H and O–H groups in total. The molecule has 104 valence electrons. The van der Waals surface area contributed by atoms with Gasteiger partial charge in [-0.15, -0.1) is 5.10 Å². The fraction of sp³-hybridized carbons (Fsp3) is 0.200. The van der Waals surface area contributed by atoms with Crippen molar-refractivity contribution in [3.63, 3.8) is 0 Å². The first kappa shape index (κ1) is 13.4. The summed E-state index contributed by atoms with van der Waals surface area (Å²) in [5.41, 5.74) is -0.806. The number of rotatable bonds is 5. The number of aryl methyl sites for hydroxylation is 2. The Balaban J connectivity index is 2.13. The Hall–Kier alpha value is -3.04. The number of nitro groups is 1. The summed E-state index contributed by atoms with van der Waals surface area (Å²) in [4.78, 5) is 32.2. The molecule has 2 aromatic heterocycles. The lowest BCUT2D eigenvalue weighted by atomic mass is 10.4. The van der Waals surface area contributed by atoms with Gasteiger partial charge in [-0.05, 0) is 0 Å². The number of carboxylic acid groups (broad SMARTS) is 1. The Morgan fingerprint density at radius 2 is 2.10 bits per heavy atom. The van der Waals surface area contributed by atoms with E-state index in [0.29, 0.717) is 0 Å². The van der Waals surface area contributed by atoms with Gasteiger partial charge < -0.3 is 9.67 Å². The molecule has 20 heavy (non-hydrogen) atoms. The molecule has 0 radical (unpaired) electrons. The van der Waals surface area contributed by atoms with Crippen LogP contribution in [-0.4, -0.2) is 35.6 Å². The predicted molar refractivity (Wildman–Crippen MR) is 64.3 cm³/mol. The molecule has 0 amide bonds. The first-order valence-electron chi connectivity index (χ1n) is 5.45. The largest absolute Gasteiger partial charge is 0.476 e. The van der Waals surface area contributed by atoms with Crippen LogP contribution < -0.4 is 5.56 Å². The third-order valence-corrected chi connectivity index (χ3v) is 2.51. The van der Waals surface area contributed by atoms with Gasteiger partial charge in [0.2, 0.25) is 0 Å². The van der Waals surface area contributed by atoms with Gasteiger partial charge in [0, 0.05) is 18.7 Å². The number of aromatic nitrogens is 4. The first-order valence-corrected chi connectivity index (χ1v) is 5.45. The SMILES string of the molecule is O=C(O)c1cn(CCn2cc([N+](=O)[O-])ccc2=O)nn1. The summed E-state index contributed by atoms with van der Waals surface area (Å²) in [5.74, 6) is -1.20. The number of pyridine rings is 1. The van der Waals surface area contributed by atoms with Crippen molar-refractivity contribution in [3.8, 4) is 0 Å². The summed E-state index contributed by atoms with van der Waals surface area (Å²) >= 11 is 0. The molecule has 10 nitrogen and oxygen atoms in total. The van der Waals surface area contributed by atoms with Crippen molar-refractivity contribution in [2.45, 2.75) is 13.1 Å². The molecule has 0 fully saturated rings. The smallest absolute Gasteiger partial charge is 0.358 e. The van der Waals surface area contributed by atoms with Gasteiger partial charge >= 0.3 is 5.97 Å². The van der Waals surface area contributed by atoms with E-state index in [2.05, 4.69) is 10.3 Å². The van der Waals surface area contributed by atoms with Crippen molar-refractivity contribution in [1.82, 2.24) is 19.6 Å². The second-order valence-electron chi connectivity index (χ2n) is 3.85. The average molecular weight is 279 g/mol. The quantitative estimate of drug-likeness (QED) is 0.589. The van der Waals surface area contributed by atoms with Crippen LogP contribution in [0.1, 0.15) is 10.5 Å². The number of carboxylic acids is 1. The zero-order valence-corrected chi connectivity index (χ0v) is 10.0. The first-order chi connectivity index (χ1) is 9.47. The van der Waals surface area contributed by atoms with Crippen molar-refractivity contribution in [3.05, 3.63) is 50.7 Å². The maximum atomic E-state index is 11.5. The molecule has 10 heteroatoms. The van der Waals surface area contributed by atoms with Crippen LogP contribution in [0.15, 0.2) is 29.3 Å². The van der Waals surface area contributed by atoms with E-state index in [9.17, 15) is 19.7 Å². The third-order valence-electron chi connectivity index (χ3n) is 2.51. The van der Waals surface area contributed by atoms with Crippen LogP contribution in [0.25, 0.3) is 0 Å². The zero-order chi connectivity index (χ0) is 14.7. The average Bonchev–Trinajstić information content (AvgIpc) is 2.86. The third kappa shape index (κ3) is 2.85. The van der Waals surface area contributed by atoms with Crippen LogP contribution in [0, 0.1) is 10.1 Å². The summed E-state index contributed by atoms with van der Waals surface area (Å²) in [6.45, 7) is 0.282. The second-order valence-corrected chi connectivity index (χ2v) is 3.85. The summed E-state index contributed by atoms with van der Waals surface area (Å²) in [6, 6.07) is 2.22. The number of hydrogen-bond acceptors (Lipinski definition) is 6. The molecule has 0 unspecified atom stereocenters. The molecule has 2 heterocycles. The summed E-state index contributed by atoms with van der Waals surface area (Å²) < 4.78 is 2.40. The predicted octanol–water partition coefficient (Wildman–Crippen LogP) is -0.254. The van der Waals surface area contributed by atoms with E-state index in [0.717, 1.165) is 22.9 Å². The van der Waals surface area contributed by atoms with Gasteiger partial charge in [0.15, 0.2) is 5.69 Å². The van der Waals surface area contributed by atoms with E-state index < -0.39 is 16.5 Å². The van der Waals surface area contributed by atoms with Gasteiger partial charge in [-0.2, -0.15) is 0 Å². The summed E-state index contributed by atoms with van der Waals surface area (Å²) in [5, 5.41) is 26.3. The molecule has 0 aliphatic rings. The molecule has 0 spiro atoms. The van der Waals surface area contributed by atoms with Crippen LogP contribution in [0.5, 0.6) is 0 Å². The minimum Gasteiger partial charge on any atom is -0.476 e. The number of hydrogen-bond donors (Lipinski definition) is 1. The highest BCUT2D eigenvalue weighted by molar-refractivity contribution is 5.84. The van der Waals surface area contributed by atoms with Crippen LogP contribution in [-0.2, 0) is 13.1 Å². The van der Waals surface area contributed by atoms with Gasteiger partial charge in [-0.1, -0.05) is 5.21 Å². The lowest BCUT2D eigenvalue weighted by Gasteiger charge is -2.04. The highest BCUT2D eigenvalue weighted by atomic mass is 16.6. The Labute approximate surface area is 111 Å². The molecule has 2 aromatic rings. The molecule has 0 atom stereocenters. The molecule has 0 saturated carbocycles. The van der Waals surface area contributed by atoms with Crippen LogP contribution >= 0.6 is 0 Å². The van der Waals surface area contributed by atoms with Crippen molar-refractivity contribution in [2.75, 3.05) is 0 Å². The van der Waals surface area contributed by atoms with Crippen molar-refractivity contribution in [2.24, 2.45) is 0 Å². The number of aromatic carboxylic acids is 1. The zero-order valence-electron chi connectivity index (χ0n) is 10.0. The van der Waals surface area contributed by atoms with Crippen LogP contribution in [0.2, 0.25) is 0 Å². The van der Waals surface area contributed by atoms with Gasteiger partial charge in [0.1, 0.15) is 0 Å². The van der Waals surface area contributed by atoms with Crippen molar-refractivity contribution < 1.29 is 14.8 Å². The van der Waals surface area contributed by atoms with E-state index in [1.54, 1.807) is 0 Å². The van der Waals surface area contributed by atoms with Crippen LogP contribution in [0.3, 0.4) is 0 Å². The maximum absolute atomic E-state index is 11.5. The fourth-order valence-electron chi connectivity index (χ4n) is 1.52. The molecule has 0 aliphatic heterocycles. The monoisotopic (exact) mass is 279 g/mol. The molecule has 2 rings (SSSR count). The second kappa shape index (κ2) is 5.30. The fourth-order valence-corrected chi connectivity index (χ4v) is 1.52. The van der Waals surface area contributed by atoms with Gasteiger partial charge in [-0.25, -0.2) is 9.48 Å². The van der Waals surface area contributed by atoms with E-state index in [1.807, 2.05) is 0 Å². The molecule has 0 saturated heterocycles. The van der Waals surface area contributed by atoms with Gasteiger partial charge in [0.05, 0.1) is 23.9 Å². The molecular weight excluding hydrogens is 270 g/mol. The molecule has 0 aromatic carbocycles. The Kier molecular flexibility index (Phi) is 3.55. The molecule has 0 bridgehead atoms. The Morgan fingerprint density at radius 3 is 2.70 bits per heavy atom. The number of nitrogens with zero attached hydrogens (tertiary/aromatic N) is 5. The van der Waals surface area contributed by atoms with E-state index in [-0.39, 0.29) is 24.5 Å². The Morgan fingerprint density at radius 1 is 1.35 bits per heavy atom. The van der Waals surface area contributed by atoms with Gasteiger partial charge in [0.25, 0.3) is 11.2 Å². The maximum Gasteiger partial charge on any atom is 0.358 e. The lowest BCUT2D eigenvalue weighted by Crippen LogP contribution is -2.21. The van der Waals surface area contributed by atoms with Crippen molar-refractivity contribution >= 4 is 11.7 Å². The Bertz CT molecular complexity index is 719. The van der Waals surface area contributed by atoms with E-state index in [4.69, 9.17) is 5.11 Å². The standard InChI is InChI=1S/C10H9N5O5/c16-9-2-1-7(15(19)20)5-13(9)3-4-14-6-8(10(17)18)11-12-14/h1-2,5-6H,3-4H2,(H,17,18). The lowest BCUT2D eigenvalue weighted by molar-refractivity contribution is -0.385. The number of carbonyl (C=O) groups is 1. The van der Waals surface area contributed by atoms with E-state index in [1.165, 1.54) is 10.9 Å². The minimum absolute atomic E-state index is 0.114. The van der Waals surface area contributed by atoms with Crippen LogP contribution in [0.4, 0.5) is 5.69 Å². The highest BCUT2D eigenvalue weighted by Crippen LogP contribution is 2.06. The van der Waals surface area contributed by atoms with Gasteiger partial charge in [-0.3, -0.25) is 14.9 Å². The highest BCUT2D eigenvalue weighted by Gasteiger charge is 2.10. The summed E-state index contributed by atoms with van der Waals surface area (Å²) in [6.07, 6.45) is 2.34. The minimum atomic E-state index is -1.20. The molecular formula is C10H9N5O5. The summed E-state index contributed by atoms with van der Waals surface area (Å²) in [7, 11) is 0. The molecule has 0 aliphatic carbocycles. The topological polar surface area (TPSA) is 133 Å². The van der Waals surface area contributed by atoms with E-state index >= 15 is 0 Å².